The number of carbonyl (C=O) groups is 1. The quantitative estimate of drug-likeness (QED) is 0.458. The molecular weight excluding hydrogens is 378 g/mol. The number of ether oxygens (including phenoxy) is 1. The van der Waals surface area contributed by atoms with Gasteiger partial charge in [0, 0.05) is 5.75 Å². The van der Waals surface area contributed by atoms with Gasteiger partial charge >= 0.3 is 0 Å². The maximum absolute atomic E-state index is 12.1. The average Bonchev–Trinajstić information content (AvgIpc) is 3.09. The van der Waals surface area contributed by atoms with Gasteiger partial charge in [0.25, 0.3) is 5.91 Å². The first-order valence-corrected chi connectivity index (χ1v) is 10.3. The second-order valence-electron chi connectivity index (χ2n) is 6.12. The van der Waals surface area contributed by atoms with Crippen molar-refractivity contribution in [3.05, 3.63) is 64.7 Å². The van der Waals surface area contributed by atoms with Crippen molar-refractivity contribution in [2.75, 3.05) is 11.9 Å². The van der Waals surface area contributed by atoms with Crippen molar-refractivity contribution >= 4 is 34.1 Å². The van der Waals surface area contributed by atoms with Crippen LogP contribution in [0.3, 0.4) is 0 Å². The van der Waals surface area contributed by atoms with Crippen LogP contribution < -0.4 is 10.1 Å². The normalized spacial score (nSPS) is 10.6. The maximum atomic E-state index is 12.1. The molecule has 0 atom stereocenters. The lowest BCUT2D eigenvalue weighted by Crippen LogP contribution is -2.20. The number of amides is 1. The number of nitrogens with one attached hydrogen (secondary N) is 1. The van der Waals surface area contributed by atoms with Gasteiger partial charge < -0.3 is 4.74 Å². The standard InChI is InChI=1S/C20H21N3O2S2/c1-13-8-6-10-17(15(13)3)25-11-18(24)21-19-22-23-20(27-19)26-12-16-9-5-4-7-14(16)2/h4-10H,11-12H2,1-3H3,(H,21,22,24). The molecule has 2 aromatic carbocycles. The lowest BCUT2D eigenvalue weighted by molar-refractivity contribution is -0.118. The molecule has 1 aromatic heterocycles. The first-order chi connectivity index (χ1) is 13.0. The van der Waals surface area contributed by atoms with Gasteiger partial charge in [0.15, 0.2) is 10.9 Å². The van der Waals surface area contributed by atoms with E-state index >= 15 is 0 Å². The summed E-state index contributed by atoms with van der Waals surface area (Å²) in [5.41, 5.74) is 4.69. The van der Waals surface area contributed by atoms with Gasteiger partial charge in [-0.25, -0.2) is 0 Å². The van der Waals surface area contributed by atoms with Crippen LogP contribution in [0.4, 0.5) is 5.13 Å². The van der Waals surface area contributed by atoms with Crippen molar-refractivity contribution < 1.29 is 9.53 Å². The van der Waals surface area contributed by atoms with E-state index in [4.69, 9.17) is 4.74 Å². The number of aromatic nitrogens is 2. The smallest absolute Gasteiger partial charge is 0.264 e. The summed E-state index contributed by atoms with van der Waals surface area (Å²) >= 11 is 2.98. The number of nitrogens with zero attached hydrogens (tertiary/aromatic N) is 2. The Labute approximate surface area is 167 Å². The average molecular weight is 400 g/mol. The van der Waals surface area contributed by atoms with Gasteiger partial charge in [-0.2, -0.15) is 0 Å². The summed E-state index contributed by atoms with van der Waals surface area (Å²) in [6, 6.07) is 14.1. The number of benzene rings is 2. The van der Waals surface area contributed by atoms with Crippen molar-refractivity contribution in [3.63, 3.8) is 0 Å². The highest BCUT2D eigenvalue weighted by Gasteiger charge is 2.11. The Kier molecular flexibility index (Phi) is 6.47. The van der Waals surface area contributed by atoms with Crippen LogP contribution in [0.25, 0.3) is 0 Å². The Morgan fingerprint density at radius 1 is 1.07 bits per heavy atom. The zero-order valence-corrected chi connectivity index (χ0v) is 17.1. The molecule has 5 nitrogen and oxygen atoms in total. The van der Waals surface area contributed by atoms with E-state index < -0.39 is 0 Å². The molecular formula is C20H21N3O2S2. The number of aryl methyl sites for hydroxylation is 2. The van der Waals surface area contributed by atoms with E-state index in [-0.39, 0.29) is 12.5 Å². The molecule has 0 radical (unpaired) electrons. The Morgan fingerprint density at radius 2 is 1.85 bits per heavy atom. The molecule has 140 valence electrons. The van der Waals surface area contributed by atoms with E-state index in [0.29, 0.717) is 5.13 Å². The summed E-state index contributed by atoms with van der Waals surface area (Å²) in [4.78, 5) is 12.1. The second kappa shape index (κ2) is 9.01. The fourth-order valence-corrected chi connectivity index (χ4v) is 4.25. The van der Waals surface area contributed by atoms with E-state index in [0.717, 1.165) is 27.0 Å². The summed E-state index contributed by atoms with van der Waals surface area (Å²) in [6.07, 6.45) is 0. The Hall–Kier alpha value is -2.38. The van der Waals surface area contributed by atoms with E-state index in [2.05, 4.69) is 34.6 Å². The lowest BCUT2D eigenvalue weighted by Gasteiger charge is -2.10. The Bertz CT molecular complexity index is 940. The van der Waals surface area contributed by atoms with Crippen molar-refractivity contribution in [2.24, 2.45) is 0 Å². The summed E-state index contributed by atoms with van der Waals surface area (Å²) in [7, 11) is 0. The molecule has 0 spiro atoms. The molecule has 1 amide bonds. The van der Waals surface area contributed by atoms with E-state index in [1.165, 1.54) is 22.5 Å². The molecule has 1 heterocycles. The molecule has 0 aliphatic carbocycles. The highest BCUT2D eigenvalue weighted by Crippen LogP contribution is 2.29. The second-order valence-corrected chi connectivity index (χ2v) is 8.32. The van der Waals surface area contributed by atoms with Crippen LogP contribution in [0.2, 0.25) is 0 Å². The fourth-order valence-electron chi connectivity index (χ4n) is 2.41. The molecule has 0 aliphatic heterocycles. The molecule has 7 heteroatoms. The molecule has 0 unspecified atom stereocenters. The highest BCUT2D eigenvalue weighted by atomic mass is 32.2. The van der Waals surface area contributed by atoms with Gasteiger partial charge in [-0.15, -0.1) is 10.2 Å². The van der Waals surface area contributed by atoms with Crippen molar-refractivity contribution in [1.82, 2.24) is 10.2 Å². The van der Waals surface area contributed by atoms with Crippen LogP contribution in [0.5, 0.6) is 5.75 Å². The van der Waals surface area contributed by atoms with Gasteiger partial charge in [0.2, 0.25) is 5.13 Å². The van der Waals surface area contributed by atoms with E-state index in [9.17, 15) is 4.79 Å². The molecule has 3 rings (SSSR count). The third-order valence-corrected chi connectivity index (χ3v) is 6.20. The Balaban J connectivity index is 1.50. The number of anilines is 1. The van der Waals surface area contributed by atoms with Crippen LogP contribution in [-0.2, 0) is 10.5 Å². The molecule has 1 N–H and O–H groups in total. The first-order valence-electron chi connectivity index (χ1n) is 8.52. The summed E-state index contributed by atoms with van der Waals surface area (Å²) in [5, 5.41) is 11.4. The summed E-state index contributed by atoms with van der Waals surface area (Å²) in [5.74, 6) is 1.30. The van der Waals surface area contributed by atoms with Crippen LogP contribution in [0.1, 0.15) is 22.3 Å². The van der Waals surface area contributed by atoms with Crippen LogP contribution in [-0.4, -0.2) is 22.7 Å². The van der Waals surface area contributed by atoms with Gasteiger partial charge in [-0.05, 0) is 49.1 Å². The molecule has 0 aliphatic rings. The van der Waals surface area contributed by atoms with Crippen LogP contribution in [0.15, 0.2) is 46.8 Å². The minimum atomic E-state index is -0.248. The number of thioether (sulfide) groups is 1. The molecule has 27 heavy (non-hydrogen) atoms. The maximum Gasteiger partial charge on any atom is 0.264 e. The first kappa shape index (κ1) is 19.4. The van der Waals surface area contributed by atoms with Gasteiger partial charge in [0.1, 0.15) is 5.75 Å². The number of rotatable bonds is 7. The molecule has 0 fully saturated rings. The predicted molar refractivity (Wildman–Crippen MR) is 111 cm³/mol. The van der Waals surface area contributed by atoms with Crippen LogP contribution in [0, 0.1) is 20.8 Å². The fraction of sp³-hybridized carbons (Fsp3) is 0.250. The summed E-state index contributed by atoms with van der Waals surface area (Å²) in [6.45, 7) is 6.03. The zero-order chi connectivity index (χ0) is 19.2. The third-order valence-electron chi connectivity index (χ3n) is 4.18. The predicted octanol–water partition coefficient (Wildman–Crippen LogP) is 4.77. The van der Waals surface area contributed by atoms with Crippen molar-refractivity contribution in [2.45, 2.75) is 30.9 Å². The topological polar surface area (TPSA) is 64.1 Å². The number of carbonyl (C=O) groups excluding carboxylic acids is 1. The van der Waals surface area contributed by atoms with Gasteiger partial charge in [-0.3, -0.25) is 10.1 Å². The third kappa shape index (κ3) is 5.30. The SMILES string of the molecule is Cc1ccccc1CSc1nnc(NC(=O)COc2cccc(C)c2C)s1. The summed E-state index contributed by atoms with van der Waals surface area (Å²) < 4.78 is 6.44. The van der Waals surface area contributed by atoms with Crippen molar-refractivity contribution in [3.8, 4) is 5.75 Å². The van der Waals surface area contributed by atoms with Gasteiger partial charge in [-0.1, -0.05) is 59.5 Å². The zero-order valence-electron chi connectivity index (χ0n) is 15.5. The lowest BCUT2D eigenvalue weighted by atomic mass is 10.1. The monoisotopic (exact) mass is 399 g/mol. The minimum absolute atomic E-state index is 0.0600. The highest BCUT2D eigenvalue weighted by molar-refractivity contribution is 8.00. The largest absolute Gasteiger partial charge is 0.483 e. The van der Waals surface area contributed by atoms with Crippen LogP contribution >= 0.6 is 23.1 Å². The molecule has 0 saturated heterocycles. The minimum Gasteiger partial charge on any atom is -0.483 e. The number of hydrogen-bond donors (Lipinski definition) is 1. The molecule has 0 bridgehead atoms. The van der Waals surface area contributed by atoms with Crippen molar-refractivity contribution in [1.29, 1.82) is 0 Å². The van der Waals surface area contributed by atoms with Gasteiger partial charge in [0.05, 0.1) is 0 Å². The Morgan fingerprint density at radius 3 is 2.67 bits per heavy atom. The molecule has 3 aromatic rings. The number of hydrogen-bond acceptors (Lipinski definition) is 6. The molecule has 0 saturated carbocycles. The van der Waals surface area contributed by atoms with E-state index in [1.807, 2.05) is 44.2 Å². The van der Waals surface area contributed by atoms with E-state index in [1.54, 1.807) is 11.8 Å².